The molecule has 3 aromatic rings. The van der Waals surface area contributed by atoms with Crippen molar-refractivity contribution < 1.29 is 17.6 Å². The van der Waals surface area contributed by atoms with Gasteiger partial charge < -0.3 is 4.90 Å². The predicted octanol–water partition coefficient (Wildman–Crippen LogP) is 3.97. The van der Waals surface area contributed by atoms with Gasteiger partial charge in [0.2, 0.25) is 0 Å². The molecule has 1 aliphatic rings. The third kappa shape index (κ3) is 5.97. The number of carbonyl (C=O) groups is 1. The summed E-state index contributed by atoms with van der Waals surface area (Å²) in [7, 11) is -3.91. The molecular formula is C25H26FN3O3S. The summed E-state index contributed by atoms with van der Waals surface area (Å²) in [6.07, 6.45) is 0.850. The van der Waals surface area contributed by atoms with Crippen LogP contribution in [0.15, 0.2) is 83.8 Å². The summed E-state index contributed by atoms with van der Waals surface area (Å²) in [6, 6.07) is 21.3. The van der Waals surface area contributed by atoms with Gasteiger partial charge in [0.05, 0.1) is 4.90 Å². The second-order valence-corrected chi connectivity index (χ2v) is 9.73. The molecule has 0 saturated carbocycles. The Bertz CT molecular complexity index is 1200. The van der Waals surface area contributed by atoms with E-state index < -0.39 is 15.8 Å². The number of nitrogens with one attached hydrogen (secondary N) is 1. The zero-order chi connectivity index (χ0) is 23.3. The van der Waals surface area contributed by atoms with Gasteiger partial charge in [0.25, 0.3) is 15.9 Å². The third-order valence-corrected chi connectivity index (χ3v) is 6.99. The molecule has 172 valence electrons. The number of halogens is 1. The maximum Gasteiger partial charge on any atom is 0.261 e. The molecule has 4 rings (SSSR count). The van der Waals surface area contributed by atoms with Crippen LogP contribution in [0, 0.1) is 5.82 Å². The highest BCUT2D eigenvalue weighted by molar-refractivity contribution is 7.92. The van der Waals surface area contributed by atoms with Crippen molar-refractivity contribution in [1.29, 1.82) is 0 Å². The number of nitrogens with zero attached hydrogens (tertiary/aromatic N) is 2. The van der Waals surface area contributed by atoms with Crippen LogP contribution in [0.1, 0.15) is 22.3 Å². The van der Waals surface area contributed by atoms with E-state index >= 15 is 0 Å². The molecule has 1 N–H and O–H groups in total. The SMILES string of the molecule is O=C(c1cccc(S(=O)(=O)Nc2ccc(F)cc2)c1)N1CCCN(Cc2ccccc2)CC1. The number of sulfonamides is 1. The Hall–Kier alpha value is -3.23. The van der Waals surface area contributed by atoms with E-state index in [1.54, 1.807) is 17.0 Å². The van der Waals surface area contributed by atoms with E-state index in [1.165, 1.54) is 42.0 Å². The molecule has 33 heavy (non-hydrogen) atoms. The van der Waals surface area contributed by atoms with Crippen molar-refractivity contribution in [2.75, 3.05) is 30.9 Å². The summed E-state index contributed by atoms with van der Waals surface area (Å²) in [6.45, 7) is 3.69. The van der Waals surface area contributed by atoms with Gasteiger partial charge in [-0.2, -0.15) is 0 Å². The van der Waals surface area contributed by atoms with E-state index in [0.29, 0.717) is 18.7 Å². The third-order valence-electron chi connectivity index (χ3n) is 5.61. The predicted molar refractivity (Wildman–Crippen MR) is 126 cm³/mol. The highest BCUT2D eigenvalue weighted by atomic mass is 32.2. The zero-order valence-electron chi connectivity index (χ0n) is 18.2. The number of carbonyl (C=O) groups excluding carboxylic acids is 1. The number of benzene rings is 3. The molecule has 1 amide bonds. The Labute approximate surface area is 193 Å². The summed E-state index contributed by atoms with van der Waals surface area (Å²) in [5.74, 6) is -0.638. The second-order valence-electron chi connectivity index (χ2n) is 8.05. The molecule has 3 aromatic carbocycles. The maximum absolute atomic E-state index is 13.1. The van der Waals surface area contributed by atoms with Gasteiger partial charge in [-0.05, 0) is 54.4 Å². The molecule has 6 nitrogen and oxygen atoms in total. The van der Waals surface area contributed by atoms with Crippen molar-refractivity contribution in [3.05, 3.63) is 95.8 Å². The largest absolute Gasteiger partial charge is 0.337 e. The fraction of sp³-hybridized carbons (Fsp3) is 0.240. The van der Waals surface area contributed by atoms with Gasteiger partial charge in [-0.3, -0.25) is 14.4 Å². The molecule has 1 saturated heterocycles. The molecule has 0 spiro atoms. The Balaban J connectivity index is 1.43. The van der Waals surface area contributed by atoms with Crippen molar-refractivity contribution in [2.45, 2.75) is 17.9 Å². The Morgan fingerprint density at radius 1 is 0.879 bits per heavy atom. The van der Waals surface area contributed by atoms with Gasteiger partial charge in [-0.1, -0.05) is 36.4 Å². The Kier molecular flexibility index (Phi) is 7.05. The highest BCUT2D eigenvalue weighted by Gasteiger charge is 2.22. The molecule has 0 atom stereocenters. The molecule has 1 fully saturated rings. The number of anilines is 1. The van der Waals surface area contributed by atoms with E-state index in [9.17, 15) is 17.6 Å². The summed E-state index contributed by atoms with van der Waals surface area (Å²) in [5.41, 5.74) is 1.82. The van der Waals surface area contributed by atoms with Crippen LogP contribution in [0.5, 0.6) is 0 Å². The molecule has 0 aliphatic carbocycles. The monoisotopic (exact) mass is 467 g/mol. The molecule has 1 aliphatic heterocycles. The van der Waals surface area contributed by atoms with Gasteiger partial charge >= 0.3 is 0 Å². The van der Waals surface area contributed by atoms with Crippen LogP contribution in [-0.2, 0) is 16.6 Å². The van der Waals surface area contributed by atoms with Gasteiger partial charge in [-0.15, -0.1) is 0 Å². The first-order chi connectivity index (χ1) is 15.9. The first-order valence-electron chi connectivity index (χ1n) is 10.8. The number of amides is 1. The number of hydrogen-bond donors (Lipinski definition) is 1. The lowest BCUT2D eigenvalue weighted by Crippen LogP contribution is -2.35. The minimum absolute atomic E-state index is 0.0156. The van der Waals surface area contributed by atoms with Crippen molar-refractivity contribution in [1.82, 2.24) is 9.80 Å². The topological polar surface area (TPSA) is 69.7 Å². The standard InChI is InChI=1S/C25H26FN3O3S/c26-22-10-12-23(13-11-22)27-33(31,32)24-9-4-8-21(18-24)25(30)29-15-5-14-28(16-17-29)19-20-6-2-1-3-7-20/h1-4,6-13,18,27H,5,14-17,19H2. The quantitative estimate of drug-likeness (QED) is 0.596. The lowest BCUT2D eigenvalue weighted by Gasteiger charge is -2.22. The molecule has 0 unspecified atom stereocenters. The minimum atomic E-state index is -3.91. The van der Waals surface area contributed by atoms with E-state index in [0.717, 1.165) is 26.1 Å². The number of rotatable bonds is 6. The van der Waals surface area contributed by atoms with Crippen LogP contribution in [0.3, 0.4) is 0 Å². The molecule has 8 heteroatoms. The van der Waals surface area contributed by atoms with E-state index in [-0.39, 0.29) is 16.5 Å². The smallest absolute Gasteiger partial charge is 0.261 e. The summed E-state index contributed by atoms with van der Waals surface area (Å²) < 4.78 is 41.1. The van der Waals surface area contributed by atoms with Crippen molar-refractivity contribution in [2.24, 2.45) is 0 Å². The van der Waals surface area contributed by atoms with Gasteiger partial charge in [0.1, 0.15) is 5.82 Å². The average Bonchev–Trinajstić information content (AvgIpc) is 3.06. The normalized spacial score (nSPS) is 15.1. The van der Waals surface area contributed by atoms with Crippen molar-refractivity contribution in [3.63, 3.8) is 0 Å². The molecule has 0 bridgehead atoms. The number of hydrogen-bond acceptors (Lipinski definition) is 4. The van der Waals surface area contributed by atoms with Crippen LogP contribution < -0.4 is 4.72 Å². The fourth-order valence-corrected chi connectivity index (χ4v) is 4.99. The molecule has 0 radical (unpaired) electrons. The second kappa shape index (κ2) is 10.1. The first kappa shape index (κ1) is 22.9. The highest BCUT2D eigenvalue weighted by Crippen LogP contribution is 2.19. The van der Waals surface area contributed by atoms with E-state index in [4.69, 9.17) is 0 Å². The summed E-state index contributed by atoms with van der Waals surface area (Å²) in [4.78, 5) is 17.2. The van der Waals surface area contributed by atoms with Crippen LogP contribution in [0.2, 0.25) is 0 Å². The lowest BCUT2D eigenvalue weighted by atomic mass is 10.2. The van der Waals surface area contributed by atoms with Crippen LogP contribution in [0.4, 0.5) is 10.1 Å². The average molecular weight is 468 g/mol. The molecule has 1 heterocycles. The van der Waals surface area contributed by atoms with E-state index in [2.05, 4.69) is 21.8 Å². The fourth-order valence-electron chi connectivity index (χ4n) is 3.88. The van der Waals surface area contributed by atoms with Crippen LogP contribution in [-0.4, -0.2) is 50.3 Å². The van der Waals surface area contributed by atoms with Crippen LogP contribution in [0.25, 0.3) is 0 Å². The molecule has 0 aromatic heterocycles. The summed E-state index contributed by atoms with van der Waals surface area (Å²) in [5, 5.41) is 0. The Morgan fingerprint density at radius 2 is 1.64 bits per heavy atom. The van der Waals surface area contributed by atoms with Crippen molar-refractivity contribution >= 4 is 21.6 Å². The molecular weight excluding hydrogens is 441 g/mol. The lowest BCUT2D eigenvalue weighted by molar-refractivity contribution is 0.0761. The van der Waals surface area contributed by atoms with Gasteiger partial charge in [0.15, 0.2) is 0 Å². The maximum atomic E-state index is 13.1. The first-order valence-corrected chi connectivity index (χ1v) is 12.3. The Morgan fingerprint density at radius 3 is 2.39 bits per heavy atom. The van der Waals surface area contributed by atoms with Crippen molar-refractivity contribution in [3.8, 4) is 0 Å². The van der Waals surface area contributed by atoms with Gasteiger partial charge in [0, 0.05) is 44.0 Å². The summed E-state index contributed by atoms with van der Waals surface area (Å²) >= 11 is 0. The van der Waals surface area contributed by atoms with E-state index in [1.807, 2.05) is 18.2 Å². The van der Waals surface area contributed by atoms with Crippen LogP contribution >= 0.6 is 0 Å². The minimum Gasteiger partial charge on any atom is -0.337 e. The van der Waals surface area contributed by atoms with Gasteiger partial charge in [-0.25, -0.2) is 12.8 Å². The zero-order valence-corrected chi connectivity index (χ0v) is 19.0.